The number of fused-ring (bicyclic) bond motifs is 2. The molecule has 0 saturated carbocycles. The number of benzene rings is 3. The first kappa shape index (κ1) is 23.4. The van der Waals surface area contributed by atoms with Gasteiger partial charge in [-0.05, 0) is 67.3 Å². The van der Waals surface area contributed by atoms with E-state index < -0.39 is 6.04 Å². The summed E-state index contributed by atoms with van der Waals surface area (Å²) < 4.78 is 12.8. The fourth-order valence-electron chi connectivity index (χ4n) is 4.42. The lowest BCUT2D eigenvalue weighted by Crippen LogP contribution is -2.29. The average molecular weight is 532 g/mol. The molecule has 0 aliphatic carbocycles. The van der Waals surface area contributed by atoms with Crippen LogP contribution >= 0.6 is 15.9 Å². The van der Waals surface area contributed by atoms with Crippen LogP contribution in [-0.4, -0.2) is 12.5 Å². The summed E-state index contributed by atoms with van der Waals surface area (Å²) in [6.07, 6.45) is 0.939. The van der Waals surface area contributed by atoms with Crippen LogP contribution in [0.2, 0.25) is 0 Å². The third-order valence-electron chi connectivity index (χ3n) is 6.28. The third-order valence-corrected chi connectivity index (χ3v) is 6.78. The van der Waals surface area contributed by atoms with Gasteiger partial charge in [-0.25, -0.2) is 0 Å². The molecule has 178 valence electrons. The summed E-state index contributed by atoms with van der Waals surface area (Å²) in [5.74, 6) is 0.996. The second-order valence-electron chi connectivity index (χ2n) is 9.33. The first-order chi connectivity index (χ1) is 16.8. The van der Waals surface area contributed by atoms with Crippen LogP contribution in [-0.2, 0) is 0 Å². The van der Waals surface area contributed by atoms with Crippen molar-refractivity contribution in [1.29, 1.82) is 0 Å². The van der Waals surface area contributed by atoms with E-state index in [-0.39, 0.29) is 17.1 Å². The molecule has 2 heterocycles. The molecule has 1 atom stereocenters. The van der Waals surface area contributed by atoms with Gasteiger partial charge >= 0.3 is 0 Å². The minimum absolute atomic E-state index is 0.0847. The Balaban J connectivity index is 1.68. The van der Waals surface area contributed by atoms with Gasteiger partial charge in [0.15, 0.2) is 5.43 Å². The van der Waals surface area contributed by atoms with Crippen LogP contribution < -0.4 is 15.1 Å². The summed E-state index contributed by atoms with van der Waals surface area (Å²) in [7, 11) is 0. The Morgan fingerprint density at radius 3 is 2.54 bits per heavy atom. The molecule has 0 bridgehead atoms. The van der Waals surface area contributed by atoms with E-state index in [0.717, 1.165) is 22.0 Å². The van der Waals surface area contributed by atoms with Crippen LogP contribution in [0.15, 0.2) is 80.4 Å². The SMILES string of the molecule is Cc1ccc(N2C(=O)c3oc4ccc(Br)cc4c(=O)c3C2c2cccc(OCCC(C)C)c2)cc1. The van der Waals surface area contributed by atoms with Crippen molar-refractivity contribution in [2.24, 2.45) is 5.92 Å². The Hall–Kier alpha value is -3.38. The van der Waals surface area contributed by atoms with Gasteiger partial charge < -0.3 is 9.15 Å². The van der Waals surface area contributed by atoms with Gasteiger partial charge in [-0.2, -0.15) is 0 Å². The van der Waals surface area contributed by atoms with Crippen LogP contribution in [0.4, 0.5) is 5.69 Å². The van der Waals surface area contributed by atoms with E-state index in [4.69, 9.17) is 9.15 Å². The number of carbonyl (C=O) groups excluding carboxylic acids is 1. The second kappa shape index (κ2) is 9.34. The number of nitrogens with zero attached hydrogens (tertiary/aromatic N) is 1. The lowest BCUT2D eigenvalue weighted by Gasteiger charge is -2.25. The molecule has 1 aliphatic heterocycles. The highest BCUT2D eigenvalue weighted by Crippen LogP contribution is 2.42. The van der Waals surface area contributed by atoms with Gasteiger partial charge in [0, 0.05) is 10.2 Å². The Bertz CT molecular complexity index is 1470. The van der Waals surface area contributed by atoms with E-state index in [1.54, 1.807) is 23.1 Å². The van der Waals surface area contributed by atoms with E-state index in [0.29, 0.717) is 40.5 Å². The van der Waals surface area contributed by atoms with Gasteiger partial charge in [0.2, 0.25) is 5.76 Å². The molecular formula is C29H26BrNO4. The maximum Gasteiger partial charge on any atom is 0.295 e. The lowest BCUT2D eigenvalue weighted by atomic mass is 9.98. The number of carbonyl (C=O) groups is 1. The van der Waals surface area contributed by atoms with Crippen molar-refractivity contribution in [2.45, 2.75) is 33.2 Å². The monoisotopic (exact) mass is 531 g/mol. The van der Waals surface area contributed by atoms with Crippen LogP contribution in [0.25, 0.3) is 11.0 Å². The van der Waals surface area contributed by atoms with E-state index in [1.807, 2.05) is 55.5 Å². The molecule has 5 rings (SSSR count). The van der Waals surface area contributed by atoms with Gasteiger partial charge in [0.1, 0.15) is 11.3 Å². The molecule has 0 fully saturated rings. The number of amides is 1. The Morgan fingerprint density at radius 2 is 1.80 bits per heavy atom. The number of ether oxygens (including phenoxy) is 1. The predicted molar refractivity (Wildman–Crippen MR) is 141 cm³/mol. The molecule has 0 saturated heterocycles. The van der Waals surface area contributed by atoms with Gasteiger partial charge in [-0.3, -0.25) is 14.5 Å². The smallest absolute Gasteiger partial charge is 0.295 e. The highest BCUT2D eigenvalue weighted by atomic mass is 79.9. The van der Waals surface area contributed by atoms with Crippen LogP contribution in [0.5, 0.6) is 5.75 Å². The molecule has 0 spiro atoms. The van der Waals surface area contributed by atoms with Gasteiger partial charge in [0.05, 0.1) is 23.6 Å². The minimum atomic E-state index is -0.631. The summed E-state index contributed by atoms with van der Waals surface area (Å²) in [6.45, 7) is 6.91. The molecule has 5 nitrogen and oxygen atoms in total. The molecule has 4 aromatic rings. The maximum absolute atomic E-state index is 13.8. The van der Waals surface area contributed by atoms with E-state index in [2.05, 4.69) is 29.8 Å². The van der Waals surface area contributed by atoms with Crippen molar-refractivity contribution in [3.63, 3.8) is 0 Å². The highest BCUT2D eigenvalue weighted by Gasteiger charge is 2.43. The molecular weight excluding hydrogens is 506 g/mol. The molecule has 0 N–H and O–H groups in total. The highest BCUT2D eigenvalue weighted by molar-refractivity contribution is 9.10. The normalized spacial score (nSPS) is 15.2. The first-order valence-corrected chi connectivity index (χ1v) is 12.5. The quantitative estimate of drug-likeness (QED) is 0.267. The van der Waals surface area contributed by atoms with Crippen molar-refractivity contribution in [3.05, 3.63) is 104 Å². The molecule has 0 radical (unpaired) electrons. The second-order valence-corrected chi connectivity index (χ2v) is 10.2. The third kappa shape index (κ3) is 4.39. The summed E-state index contributed by atoms with van der Waals surface area (Å²) >= 11 is 3.44. The van der Waals surface area contributed by atoms with E-state index in [1.165, 1.54) is 0 Å². The van der Waals surface area contributed by atoms with E-state index in [9.17, 15) is 9.59 Å². The minimum Gasteiger partial charge on any atom is -0.494 e. The number of halogens is 1. The summed E-state index contributed by atoms with van der Waals surface area (Å²) in [6, 6.07) is 20.0. The largest absolute Gasteiger partial charge is 0.494 e. The molecule has 3 aromatic carbocycles. The molecule has 1 aliphatic rings. The standard InChI is InChI=1S/C29H26BrNO4/c1-17(2)13-14-34-22-6-4-5-19(15-22)26-25-27(32)23-16-20(30)9-12-24(23)35-28(25)29(33)31(26)21-10-7-18(3)8-11-21/h4-12,15-17,26H,13-14H2,1-3H3. The van der Waals surface area contributed by atoms with Crippen LogP contribution in [0, 0.1) is 12.8 Å². The lowest BCUT2D eigenvalue weighted by molar-refractivity contribution is 0.0971. The first-order valence-electron chi connectivity index (χ1n) is 11.7. The van der Waals surface area contributed by atoms with Gasteiger partial charge in [-0.1, -0.05) is 59.6 Å². The molecule has 1 aromatic heterocycles. The maximum atomic E-state index is 13.8. The summed E-state index contributed by atoms with van der Waals surface area (Å²) in [5, 5.41) is 0.436. The van der Waals surface area contributed by atoms with Crippen LogP contribution in [0.3, 0.4) is 0 Å². The average Bonchev–Trinajstić information content (AvgIpc) is 3.13. The van der Waals surface area contributed by atoms with Gasteiger partial charge in [0.25, 0.3) is 5.91 Å². The number of rotatable bonds is 6. The fourth-order valence-corrected chi connectivity index (χ4v) is 4.78. The number of hydrogen-bond acceptors (Lipinski definition) is 4. The zero-order chi connectivity index (χ0) is 24.7. The molecule has 35 heavy (non-hydrogen) atoms. The topological polar surface area (TPSA) is 59.8 Å². The number of anilines is 1. The van der Waals surface area contributed by atoms with Crippen molar-refractivity contribution in [3.8, 4) is 5.75 Å². The zero-order valence-corrected chi connectivity index (χ0v) is 21.5. The van der Waals surface area contributed by atoms with Crippen molar-refractivity contribution < 1.29 is 13.9 Å². The zero-order valence-electron chi connectivity index (χ0n) is 19.9. The van der Waals surface area contributed by atoms with Crippen molar-refractivity contribution in [2.75, 3.05) is 11.5 Å². The number of hydrogen-bond donors (Lipinski definition) is 0. The van der Waals surface area contributed by atoms with Crippen LogP contribution in [0.1, 0.15) is 53.6 Å². The van der Waals surface area contributed by atoms with Crippen molar-refractivity contribution in [1.82, 2.24) is 0 Å². The van der Waals surface area contributed by atoms with E-state index >= 15 is 0 Å². The molecule has 1 unspecified atom stereocenters. The molecule has 1 amide bonds. The van der Waals surface area contributed by atoms with Gasteiger partial charge in [-0.15, -0.1) is 0 Å². The number of aryl methyl sites for hydroxylation is 1. The summed E-state index contributed by atoms with van der Waals surface area (Å²) in [4.78, 5) is 29.1. The molecule has 6 heteroatoms. The summed E-state index contributed by atoms with van der Waals surface area (Å²) in [5.41, 5.74) is 3.11. The fraction of sp³-hybridized carbons (Fsp3) is 0.241. The Morgan fingerprint density at radius 1 is 1.03 bits per heavy atom. The Kier molecular flexibility index (Phi) is 6.24. The van der Waals surface area contributed by atoms with Crippen molar-refractivity contribution >= 4 is 38.5 Å². The predicted octanol–water partition coefficient (Wildman–Crippen LogP) is 7.04. The Labute approximate surface area is 212 Å².